The van der Waals surface area contributed by atoms with Crippen molar-refractivity contribution in [2.45, 2.75) is 19.9 Å². The Kier molecular flexibility index (Phi) is 3.59. The normalized spacial score (nSPS) is 10.2. The van der Waals surface area contributed by atoms with E-state index in [1.165, 1.54) is 0 Å². The molecule has 0 aliphatic carbocycles. The Bertz CT molecular complexity index is 471. The molecule has 5 nitrogen and oxygen atoms in total. The van der Waals surface area contributed by atoms with Crippen molar-refractivity contribution in [2.24, 2.45) is 0 Å². The Labute approximate surface area is 101 Å². The van der Waals surface area contributed by atoms with Gasteiger partial charge in [0, 0.05) is 31.2 Å². The van der Waals surface area contributed by atoms with Crippen molar-refractivity contribution in [3.8, 4) is 0 Å². The Morgan fingerprint density at radius 2 is 1.88 bits per heavy atom. The molecule has 0 radical (unpaired) electrons. The van der Waals surface area contributed by atoms with E-state index in [0.29, 0.717) is 6.54 Å². The maximum atomic E-state index is 4.24. The maximum absolute atomic E-state index is 4.24. The molecule has 2 aromatic heterocycles. The average molecular weight is 229 g/mol. The number of aryl methyl sites for hydroxylation is 1. The van der Waals surface area contributed by atoms with Crippen LogP contribution in [0.25, 0.3) is 0 Å². The average Bonchev–Trinajstić information content (AvgIpc) is 2.40. The topological polar surface area (TPSA) is 54.8 Å². The van der Waals surface area contributed by atoms with Gasteiger partial charge in [0.15, 0.2) is 0 Å². The Morgan fingerprint density at radius 3 is 2.59 bits per heavy atom. The molecule has 0 atom stereocenters. The van der Waals surface area contributed by atoms with Gasteiger partial charge >= 0.3 is 0 Å². The fourth-order valence-corrected chi connectivity index (χ4v) is 1.49. The zero-order valence-corrected chi connectivity index (χ0v) is 10.0. The zero-order valence-electron chi connectivity index (χ0n) is 10.0. The lowest BCUT2D eigenvalue weighted by Gasteiger charge is -2.17. The number of nitrogens with zero attached hydrogens (tertiary/aromatic N) is 5. The molecule has 0 aliphatic heterocycles. The second-order valence-electron chi connectivity index (χ2n) is 3.74. The first kappa shape index (κ1) is 11.4. The van der Waals surface area contributed by atoms with E-state index in [9.17, 15) is 0 Å². The zero-order chi connectivity index (χ0) is 12.1. The third-order valence-electron chi connectivity index (χ3n) is 2.46. The molecule has 17 heavy (non-hydrogen) atoms. The van der Waals surface area contributed by atoms with Crippen LogP contribution < -0.4 is 4.90 Å². The molecule has 2 rings (SSSR count). The summed E-state index contributed by atoms with van der Waals surface area (Å²) in [6, 6.07) is 3.80. The molecule has 5 heteroatoms. The molecule has 0 amide bonds. The van der Waals surface area contributed by atoms with E-state index in [4.69, 9.17) is 0 Å². The van der Waals surface area contributed by atoms with E-state index in [1.807, 2.05) is 24.1 Å². The number of rotatable bonds is 4. The van der Waals surface area contributed by atoms with Crippen LogP contribution in [0.3, 0.4) is 0 Å². The smallest absolute Gasteiger partial charge is 0.147 e. The quantitative estimate of drug-likeness (QED) is 0.794. The summed E-state index contributed by atoms with van der Waals surface area (Å²) in [6.45, 7) is 2.72. The van der Waals surface area contributed by atoms with E-state index in [1.54, 1.807) is 18.7 Å². The molecule has 0 bridgehead atoms. The summed E-state index contributed by atoms with van der Waals surface area (Å²) >= 11 is 0. The fraction of sp³-hybridized carbons (Fsp3) is 0.333. The highest BCUT2D eigenvalue weighted by Gasteiger charge is 2.05. The lowest BCUT2D eigenvalue weighted by molar-refractivity contribution is 0.816. The predicted octanol–water partition coefficient (Wildman–Crippen LogP) is 1.47. The van der Waals surface area contributed by atoms with E-state index in [0.717, 1.165) is 23.8 Å². The molecular weight excluding hydrogens is 214 g/mol. The Balaban J connectivity index is 2.11. The number of hydrogen-bond donors (Lipinski definition) is 0. The summed E-state index contributed by atoms with van der Waals surface area (Å²) in [5.41, 5.74) is 1.04. The van der Waals surface area contributed by atoms with E-state index < -0.39 is 0 Å². The van der Waals surface area contributed by atoms with Gasteiger partial charge in [-0.15, -0.1) is 0 Å². The van der Waals surface area contributed by atoms with Crippen molar-refractivity contribution in [2.75, 3.05) is 11.9 Å². The summed E-state index contributed by atoms with van der Waals surface area (Å²) in [5, 5.41) is 0. The van der Waals surface area contributed by atoms with Crippen LogP contribution in [-0.4, -0.2) is 27.0 Å². The van der Waals surface area contributed by atoms with Gasteiger partial charge in [0.25, 0.3) is 0 Å². The molecule has 0 saturated carbocycles. The first-order chi connectivity index (χ1) is 8.29. The van der Waals surface area contributed by atoms with Crippen molar-refractivity contribution in [1.82, 2.24) is 19.9 Å². The van der Waals surface area contributed by atoms with E-state index in [2.05, 4.69) is 26.9 Å². The lowest BCUT2D eigenvalue weighted by Crippen LogP contribution is -2.19. The minimum Gasteiger partial charge on any atom is -0.352 e. The van der Waals surface area contributed by atoms with Gasteiger partial charge in [-0.3, -0.25) is 0 Å². The fourth-order valence-electron chi connectivity index (χ4n) is 1.49. The van der Waals surface area contributed by atoms with Gasteiger partial charge in [-0.1, -0.05) is 6.92 Å². The van der Waals surface area contributed by atoms with Gasteiger partial charge in [-0.05, 0) is 12.5 Å². The Hall–Kier alpha value is -2.04. The van der Waals surface area contributed by atoms with Crippen molar-refractivity contribution in [3.05, 3.63) is 42.4 Å². The van der Waals surface area contributed by atoms with Crippen LogP contribution in [0.1, 0.15) is 18.4 Å². The third kappa shape index (κ3) is 2.96. The molecule has 0 aromatic carbocycles. The van der Waals surface area contributed by atoms with Crippen LogP contribution in [-0.2, 0) is 13.0 Å². The predicted molar refractivity (Wildman–Crippen MR) is 65.5 cm³/mol. The monoisotopic (exact) mass is 229 g/mol. The van der Waals surface area contributed by atoms with Crippen LogP contribution in [0.4, 0.5) is 5.82 Å². The summed E-state index contributed by atoms with van der Waals surface area (Å²) < 4.78 is 0. The minimum atomic E-state index is 0.640. The molecule has 2 aromatic rings. The van der Waals surface area contributed by atoms with E-state index in [-0.39, 0.29) is 0 Å². The maximum Gasteiger partial charge on any atom is 0.147 e. The third-order valence-corrected chi connectivity index (χ3v) is 2.46. The molecular formula is C12H15N5. The number of anilines is 1. The Morgan fingerprint density at radius 1 is 1.12 bits per heavy atom. The van der Waals surface area contributed by atoms with Gasteiger partial charge in [-0.2, -0.15) is 0 Å². The van der Waals surface area contributed by atoms with Crippen LogP contribution in [0.15, 0.2) is 30.9 Å². The van der Waals surface area contributed by atoms with Crippen molar-refractivity contribution < 1.29 is 0 Å². The molecule has 0 saturated heterocycles. The van der Waals surface area contributed by atoms with Gasteiger partial charge in [0.1, 0.15) is 18.0 Å². The summed E-state index contributed by atoms with van der Waals surface area (Å²) in [5.74, 6) is 1.68. The lowest BCUT2D eigenvalue weighted by atomic mass is 10.3. The standard InChI is InChI=1S/C12H15N5/c1-3-10-7-12(16-9-15-10)17(2)8-11-13-5-4-6-14-11/h4-7,9H,3,8H2,1-2H3. The van der Waals surface area contributed by atoms with Crippen molar-refractivity contribution >= 4 is 5.82 Å². The SMILES string of the molecule is CCc1cc(N(C)Cc2ncccn2)ncn1. The molecule has 0 N–H and O–H groups in total. The highest BCUT2D eigenvalue weighted by Crippen LogP contribution is 2.11. The molecule has 88 valence electrons. The van der Waals surface area contributed by atoms with Crippen LogP contribution in [0.5, 0.6) is 0 Å². The van der Waals surface area contributed by atoms with Crippen molar-refractivity contribution in [1.29, 1.82) is 0 Å². The van der Waals surface area contributed by atoms with Gasteiger partial charge in [-0.25, -0.2) is 19.9 Å². The summed E-state index contributed by atoms with van der Waals surface area (Å²) in [6.07, 6.45) is 5.99. The van der Waals surface area contributed by atoms with Crippen LogP contribution >= 0.6 is 0 Å². The largest absolute Gasteiger partial charge is 0.352 e. The van der Waals surface area contributed by atoms with Crippen LogP contribution in [0.2, 0.25) is 0 Å². The molecule has 0 unspecified atom stereocenters. The highest BCUT2D eigenvalue weighted by molar-refractivity contribution is 5.37. The van der Waals surface area contributed by atoms with Crippen molar-refractivity contribution in [3.63, 3.8) is 0 Å². The molecule has 0 aliphatic rings. The number of aromatic nitrogens is 4. The molecule has 2 heterocycles. The number of hydrogen-bond acceptors (Lipinski definition) is 5. The first-order valence-corrected chi connectivity index (χ1v) is 5.57. The highest BCUT2D eigenvalue weighted by atomic mass is 15.2. The van der Waals surface area contributed by atoms with E-state index >= 15 is 0 Å². The minimum absolute atomic E-state index is 0.640. The summed E-state index contributed by atoms with van der Waals surface area (Å²) in [4.78, 5) is 18.8. The summed E-state index contributed by atoms with van der Waals surface area (Å²) in [7, 11) is 1.97. The molecule has 0 spiro atoms. The van der Waals surface area contributed by atoms with Crippen LogP contribution in [0, 0.1) is 0 Å². The molecule has 0 fully saturated rings. The van der Waals surface area contributed by atoms with Gasteiger partial charge < -0.3 is 4.90 Å². The van der Waals surface area contributed by atoms with Gasteiger partial charge in [0.05, 0.1) is 6.54 Å². The second kappa shape index (κ2) is 5.34. The first-order valence-electron chi connectivity index (χ1n) is 5.57. The second-order valence-corrected chi connectivity index (χ2v) is 3.74. The van der Waals surface area contributed by atoms with Gasteiger partial charge in [0.2, 0.25) is 0 Å².